The molecule has 3 aliphatic carbocycles. The van der Waals surface area contributed by atoms with Gasteiger partial charge in [0.25, 0.3) is 0 Å². The lowest BCUT2D eigenvalue weighted by Gasteiger charge is -2.36. The zero-order chi connectivity index (χ0) is 31.8. The highest BCUT2D eigenvalue weighted by atomic mass is 35.5. The first kappa shape index (κ1) is 29.5. The molecule has 2 spiro atoms. The van der Waals surface area contributed by atoms with E-state index in [1.165, 1.54) is 83.6 Å². The van der Waals surface area contributed by atoms with Crippen LogP contribution in [0.2, 0.25) is 0 Å². The lowest BCUT2D eigenvalue weighted by atomic mass is 9.67. The highest BCUT2D eigenvalue weighted by molar-refractivity contribution is 6.32. The quantitative estimate of drug-likeness (QED) is 0.309. The van der Waals surface area contributed by atoms with Gasteiger partial charge in [0.1, 0.15) is 7.05 Å². The number of allylic oxidation sites excluding steroid dienone is 8. The van der Waals surface area contributed by atoms with Gasteiger partial charge in [0.05, 0.1) is 11.5 Å². The minimum atomic E-state index is 0.0112. The van der Waals surface area contributed by atoms with Gasteiger partial charge in [0, 0.05) is 46.6 Å². The standard InChI is InChI=1S/C40H44ClN2O4/c1-42-30-22-34-32(44-24-46-34)20-28(30)39(16-5-3-6-17-39)36(42)14-12-26-10-9-11-27(38(26)41)13-15-37-40(18-7-4-8-19-40)29-21-33-35(47-25-45-33)23-31(29)43(37)2/h12-15,20-23H,3-11,16-19,24-25H2,1-2H3/q+1. The van der Waals surface area contributed by atoms with Gasteiger partial charge in [-0.05, 0) is 79.9 Å². The van der Waals surface area contributed by atoms with Crippen LogP contribution in [-0.4, -0.2) is 38.0 Å². The highest BCUT2D eigenvalue weighted by Crippen LogP contribution is 2.58. The van der Waals surface area contributed by atoms with Gasteiger partial charge in [0.2, 0.25) is 19.3 Å². The van der Waals surface area contributed by atoms with Crippen molar-refractivity contribution in [3.8, 4) is 23.0 Å². The molecule has 7 aliphatic rings. The van der Waals surface area contributed by atoms with E-state index in [9.17, 15) is 0 Å². The molecule has 0 amide bonds. The fourth-order valence-corrected chi connectivity index (χ4v) is 10.1. The number of hydrogen-bond acceptors (Lipinski definition) is 5. The molecule has 2 fully saturated rings. The van der Waals surface area contributed by atoms with E-state index >= 15 is 0 Å². The topological polar surface area (TPSA) is 43.2 Å². The van der Waals surface area contributed by atoms with Crippen LogP contribution in [0.25, 0.3) is 0 Å². The molecule has 9 rings (SSSR count). The Kier molecular flexibility index (Phi) is 7.04. The zero-order valence-corrected chi connectivity index (χ0v) is 28.4. The monoisotopic (exact) mass is 651 g/mol. The summed E-state index contributed by atoms with van der Waals surface area (Å²) in [5, 5.41) is 0.915. The molecule has 0 bridgehead atoms. The number of anilines is 1. The number of halogens is 1. The fourth-order valence-electron chi connectivity index (χ4n) is 9.83. The van der Waals surface area contributed by atoms with E-state index in [0.717, 1.165) is 73.0 Å². The molecule has 0 saturated heterocycles. The SMILES string of the molecule is CN1C(=CC=C2CCCC(C=CC3=[N+](C)c4cc5c(cc4C34CCCCC4)OCO5)=C2Cl)C2(CCCCC2)c2cc3c(cc21)OCO3. The molecular formula is C40H44ClN2O4+. The third kappa shape index (κ3) is 4.46. The molecule has 0 atom stereocenters. The molecular weight excluding hydrogens is 608 g/mol. The van der Waals surface area contributed by atoms with Gasteiger partial charge in [0.15, 0.2) is 28.7 Å². The molecule has 0 aromatic heterocycles. The van der Waals surface area contributed by atoms with Crippen molar-refractivity contribution in [2.45, 2.75) is 94.3 Å². The summed E-state index contributed by atoms with van der Waals surface area (Å²) in [6.07, 6.45) is 24.7. The summed E-state index contributed by atoms with van der Waals surface area (Å²) >= 11 is 7.29. The Labute approximate surface area is 283 Å². The Morgan fingerprint density at radius 3 is 2.02 bits per heavy atom. The van der Waals surface area contributed by atoms with Crippen molar-refractivity contribution in [2.24, 2.45) is 0 Å². The third-order valence-electron chi connectivity index (χ3n) is 12.2. The van der Waals surface area contributed by atoms with Crippen LogP contribution < -0.4 is 23.8 Å². The first-order valence-electron chi connectivity index (χ1n) is 17.7. The van der Waals surface area contributed by atoms with Crippen LogP contribution in [0.15, 0.2) is 70.4 Å². The molecule has 2 saturated carbocycles. The molecule has 2 aromatic carbocycles. The van der Waals surface area contributed by atoms with Crippen molar-refractivity contribution < 1.29 is 23.5 Å². The average molecular weight is 652 g/mol. The Balaban J connectivity index is 1.06. The number of fused-ring (bicyclic) bond motifs is 6. The largest absolute Gasteiger partial charge is 0.454 e. The van der Waals surface area contributed by atoms with E-state index in [2.05, 4.69) is 72.1 Å². The van der Waals surface area contributed by atoms with Crippen LogP contribution in [0.5, 0.6) is 23.0 Å². The number of benzene rings is 2. The summed E-state index contributed by atoms with van der Waals surface area (Å²) in [5.74, 6) is 3.47. The average Bonchev–Trinajstić information content (AvgIpc) is 3.85. The summed E-state index contributed by atoms with van der Waals surface area (Å²) in [6, 6.07) is 8.88. The van der Waals surface area contributed by atoms with Gasteiger partial charge in [-0.2, -0.15) is 4.58 Å². The Morgan fingerprint density at radius 2 is 1.32 bits per heavy atom. The highest BCUT2D eigenvalue weighted by Gasteiger charge is 2.52. The van der Waals surface area contributed by atoms with E-state index in [4.69, 9.17) is 30.5 Å². The molecule has 6 nitrogen and oxygen atoms in total. The normalized spacial score (nSPS) is 25.3. The van der Waals surface area contributed by atoms with Crippen LogP contribution in [0.1, 0.15) is 94.6 Å². The van der Waals surface area contributed by atoms with Crippen LogP contribution in [0.3, 0.4) is 0 Å². The van der Waals surface area contributed by atoms with E-state index in [1.807, 2.05) is 0 Å². The molecule has 2 aromatic rings. The summed E-state index contributed by atoms with van der Waals surface area (Å²) in [5.41, 5.74) is 10.5. The smallest absolute Gasteiger partial charge is 0.231 e. The van der Waals surface area contributed by atoms with Gasteiger partial charge in [-0.1, -0.05) is 62.3 Å². The van der Waals surface area contributed by atoms with Crippen molar-refractivity contribution in [3.05, 3.63) is 81.6 Å². The van der Waals surface area contributed by atoms with Gasteiger partial charge < -0.3 is 23.8 Å². The van der Waals surface area contributed by atoms with Crippen LogP contribution in [0, 0.1) is 0 Å². The molecule has 244 valence electrons. The van der Waals surface area contributed by atoms with E-state index in [1.54, 1.807) is 0 Å². The van der Waals surface area contributed by atoms with Crippen molar-refractivity contribution in [3.63, 3.8) is 0 Å². The van der Waals surface area contributed by atoms with Gasteiger partial charge in [-0.15, -0.1) is 0 Å². The van der Waals surface area contributed by atoms with Crippen molar-refractivity contribution in [1.82, 2.24) is 0 Å². The number of ether oxygens (including phenoxy) is 4. The van der Waals surface area contributed by atoms with Crippen molar-refractivity contribution >= 4 is 28.7 Å². The first-order valence-corrected chi connectivity index (χ1v) is 18.1. The van der Waals surface area contributed by atoms with E-state index < -0.39 is 0 Å². The predicted molar refractivity (Wildman–Crippen MR) is 186 cm³/mol. The maximum atomic E-state index is 7.29. The minimum absolute atomic E-state index is 0.0112. The molecule has 0 unspecified atom stereocenters. The van der Waals surface area contributed by atoms with Gasteiger partial charge in [-0.3, -0.25) is 0 Å². The zero-order valence-electron chi connectivity index (χ0n) is 27.6. The Morgan fingerprint density at radius 1 is 0.702 bits per heavy atom. The van der Waals surface area contributed by atoms with Crippen LogP contribution in [0.4, 0.5) is 11.4 Å². The molecule has 4 heterocycles. The van der Waals surface area contributed by atoms with Crippen LogP contribution >= 0.6 is 11.6 Å². The Hall–Kier alpha value is -3.64. The number of rotatable bonds is 3. The fraction of sp³-hybridized carbons (Fsp3) is 0.475. The van der Waals surface area contributed by atoms with E-state index in [-0.39, 0.29) is 10.8 Å². The van der Waals surface area contributed by atoms with E-state index in [0.29, 0.717) is 13.6 Å². The lowest BCUT2D eigenvalue weighted by molar-refractivity contribution is -0.401. The number of nitrogens with zero attached hydrogens (tertiary/aromatic N) is 2. The second kappa shape index (κ2) is 11.2. The molecule has 0 N–H and O–H groups in total. The summed E-state index contributed by atoms with van der Waals surface area (Å²) in [4.78, 5) is 2.39. The van der Waals surface area contributed by atoms with Crippen molar-refractivity contribution in [2.75, 3.05) is 32.6 Å². The second-order valence-electron chi connectivity index (χ2n) is 14.5. The first-order chi connectivity index (χ1) is 23.0. The predicted octanol–water partition coefficient (Wildman–Crippen LogP) is 9.47. The van der Waals surface area contributed by atoms with Gasteiger partial charge >= 0.3 is 0 Å². The summed E-state index contributed by atoms with van der Waals surface area (Å²) < 4.78 is 25.6. The minimum Gasteiger partial charge on any atom is -0.454 e. The molecule has 0 radical (unpaired) electrons. The second-order valence-corrected chi connectivity index (χ2v) is 14.9. The maximum Gasteiger partial charge on any atom is 0.231 e. The summed E-state index contributed by atoms with van der Waals surface area (Å²) in [7, 11) is 4.42. The molecule has 4 aliphatic heterocycles. The lowest BCUT2D eigenvalue weighted by Crippen LogP contribution is -2.36. The van der Waals surface area contributed by atoms with Crippen LogP contribution in [-0.2, 0) is 10.8 Å². The molecule has 47 heavy (non-hydrogen) atoms. The summed E-state index contributed by atoms with van der Waals surface area (Å²) in [6.45, 7) is 0.612. The van der Waals surface area contributed by atoms with Gasteiger partial charge in [-0.25, -0.2) is 0 Å². The number of likely N-dealkylation sites (N-methyl/N-ethyl adjacent to an activating group) is 1. The maximum absolute atomic E-state index is 7.29. The number of hydrogen-bond donors (Lipinski definition) is 0. The Bertz CT molecular complexity index is 1820. The third-order valence-corrected chi connectivity index (χ3v) is 12.7. The molecule has 7 heteroatoms. The van der Waals surface area contributed by atoms with Crippen molar-refractivity contribution in [1.29, 1.82) is 0 Å².